The Labute approximate surface area is 180 Å². The lowest BCUT2D eigenvalue weighted by Gasteiger charge is -2.35. The Morgan fingerprint density at radius 1 is 1.18 bits per heavy atom. The maximum atomic E-state index is 13.1. The summed E-state index contributed by atoms with van der Waals surface area (Å²) in [5.41, 5.74) is 0.350. The smallest absolute Gasteiger partial charge is 0.239 e. The molecule has 3 saturated heterocycles. The van der Waals surface area contributed by atoms with Crippen molar-refractivity contribution in [2.45, 2.75) is 44.2 Å². The van der Waals surface area contributed by atoms with Crippen molar-refractivity contribution in [1.29, 1.82) is 0 Å². The lowest BCUT2D eigenvalue weighted by atomic mass is 9.77. The van der Waals surface area contributed by atoms with Crippen molar-refractivity contribution in [2.75, 3.05) is 39.8 Å². The summed E-state index contributed by atoms with van der Waals surface area (Å²) in [6, 6.07) is 3.85. The molecule has 1 amide bonds. The molecule has 8 heteroatoms. The van der Waals surface area contributed by atoms with Crippen LogP contribution in [0.5, 0.6) is 5.75 Å². The third-order valence-corrected chi connectivity index (χ3v) is 6.40. The first kappa shape index (κ1) is 23.2. The maximum absolute atomic E-state index is 13.1. The molecular formula is C20H32Cl2N4O2. The van der Waals surface area contributed by atoms with Crippen molar-refractivity contribution in [3.63, 3.8) is 0 Å². The van der Waals surface area contributed by atoms with Crippen LogP contribution in [0.4, 0.5) is 0 Å². The van der Waals surface area contributed by atoms with Gasteiger partial charge in [0.15, 0.2) is 0 Å². The summed E-state index contributed by atoms with van der Waals surface area (Å²) in [6.07, 6.45) is 8.92. The van der Waals surface area contributed by atoms with Crippen LogP contribution in [0.15, 0.2) is 24.5 Å². The highest BCUT2D eigenvalue weighted by Gasteiger charge is 2.46. The number of likely N-dealkylation sites (tertiary alicyclic amines) is 2. The van der Waals surface area contributed by atoms with Gasteiger partial charge in [-0.15, -0.1) is 24.8 Å². The molecule has 4 heterocycles. The summed E-state index contributed by atoms with van der Waals surface area (Å²) in [5, 5.41) is 3.45. The van der Waals surface area contributed by atoms with Crippen molar-refractivity contribution in [2.24, 2.45) is 5.41 Å². The molecule has 158 valence electrons. The molecule has 1 N–H and O–H groups in total. The highest BCUT2D eigenvalue weighted by Crippen LogP contribution is 2.41. The molecule has 3 aliphatic heterocycles. The minimum absolute atomic E-state index is 0. The van der Waals surface area contributed by atoms with Crippen LogP contribution in [-0.4, -0.2) is 72.6 Å². The van der Waals surface area contributed by atoms with E-state index in [4.69, 9.17) is 4.74 Å². The molecule has 1 spiro atoms. The molecule has 1 atom stereocenters. The number of piperidine rings is 2. The van der Waals surface area contributed by atoms with E-state index in [2.05, 4.69) is 27.1 Å². The Morgan fingerprint density at radius 2 is 1.82 bits per heavy atom. The summed E-state index contributed by atoms with van der Waals surface area (Å²) in [5.74, 6) is 1.19. The van der Waals surface area contributed by atoms with Gasteiger partial charge in [0.25, 0.3) is 0 Å². The Bertz CT molecular complexity index is 620. The van der Waals surface area contributed by atoms with Gasteiger partial charge in [-0.25, -0.2) is 0 Å². The molecule has 1 unspecified atom stereocenters. The summed E-state index contributed by atoms with van der Waals surface area (Å²) >= 11 is 0. The summed E-state index contributed by atoms with van der Waals surface area (Å²) < 4.78 is 6.02. The minimum Gasteiger partial charge on any atom is -0.490 e. The van der Waals surface area contributed by atoms with E-state index in [1.165, 1.54) is 12.8 Å². The second-order valence-corrected chi connectivity index (χ2v) is 8.21. The highest BCUT2D eigenvalue weighted by molar-refractivity contribution is 5.85. The molecule has 0 bridgehead atoms. The van der Waals surface area contributed by atoms with Gasteiger partial charge >= 0.3 is 0 Å². The van der Waals surface area contributed by atoms with Gasteiger partial charge in [-0.2, -0.15) is 0 Å². The fraction of sp³-hybridized carbons (Fsp3) is 0.700. The average molecular weight is 431 g/mol. The molecule has 1 aromatic rings. The SMILES string of the molecule is CN1CC2(CCNCC2)CC1C(=O)N1CCC(Oc2ccncc2)CC1.Cl.Cl. The molecular weight excluding hydrogens is 399 g/mol. The van der Waals surface area contributed by atoms with Crippen LogP contribution in [0, 0.1) is 5.41 Å². The summed E-state index contributed by atoms with van der Waals surface area (Å²) in [4.78, 5) is 21.5. The number of rotatable bonds is 3. The number of hydrogen-bond acceptors (Lipinski definition) is 5. The molecule has 1 aromatic heterocycles. The van der Waals surface area contributed by atoms with E-state index in [0.717, 1.165) is 57.7 Å². The van der Waals surface area contributed by atoms with E-state index in [0.29, 0.717) is 11.3 Å². The van der Waals surface area contributed by atoms with E-state index < -0.39 is 0 Å². The van der Waals surface area contributed by atoms with Crippen LogP contribution < -0.4 is 10.1 Å². The second kappa shape index (κ2) is 10.1. The standard InChI is InChI=1S/C20H30N4O2.2ClH/c1-23-15-20(6-10-22-11-7-20)14-18(23)19(25)24-12-4-17(5-13-24)26-16-2-8-21-9-3-16;;/h2-3,8-9,17-18,22H,4-7,10-15H2,1H3;2*1H. The fourth-order valence-corrected chi connectivity index (χ4v) is 4.88. The Balaban J connectivity index is 0.00000140. The van der Waals surface area contributed by atoms with E-state index in [1.54, 1.807) is 12.4 Å². The lowest BCUT2D eigenvalue weighted by Crippen LogP contribution is -2.48. The predicted molar refractivity (Wildman–Crippen MR) is 115 cm³/mol. The number of carbonyl (C=O) groups is 1. The van der Waals surface area contributed by atoms with Crippen molar-refractivity contribution >= 4 is 30.7 Å². The topological polar surface area (TPSA) is 57.7 Å². The Kier molecular flexibility index (Phi) is 8.37. The molecule has 3 fully saturated rings. The van der Waals surface area contributed by atoms with E-state index in [9.17, 15) is 4.79 Å². The number of pyridine rings is 1. The van der Waals surface area contributed by atoms with Gasteiger partial charge in [0.05, 0.1) is 6.04 Å². The van der Waals surface area contributed by atoms with Crippen LogP contribution in [0.2, 0.25) is 0 Å². The number of amides is 1. The first-order valence-corrected chi connectivity index (χ1v) is 9.92. The van der Waals surface area contributed by atoms with E-state index >= 15 is 0 Å². The summed E-state index contributed by atoms with van der Waals surface area (Å²) in [7, 11) is 2.12. The van der Waals surface area contributed by atoms with Crippen molar-refractivity contribution in [3.05, 3.63) is 24.5 Å². The average Bonchev–Trinajstić information content (AvgIpc) is 2.99. The highest BCUT2D eigenvalue weighted by atomic mass is 35.5. The summed E-state index contributed by atoms with van der Waals surface area (Å²) in [6.45, 7) is 4.84. The largest absolute Gasteiger partial charge is 0.490 e. The van der Waals surface area contributed by atoms with Gasteiger partial charge in [0, 0.05) is 44.9 Å². The zero-order valence-corrected chi connectivity index (χ0v) is 18.1. The normalized spacial score (nSPS) is 25.0. The number of hydrogen-bond donors (Lipinski definition) is 1. The number of likely N-dealkylation sites (N-methyl/N-ethyl adjacent to an activating group) is 1. The van der Waals surface area contributed by atoms with Gasteiger partial charge < -0.3 is 15.0 Å². The number of aromatic nitrogens is 1. The number of carbonyl (C=O) groups excluding carboxylic acids is 1. The van der Waals surface area contributed by atoms with Crippen molar-refractivity contribution < 1.29 is 9.53 Å². The third-order valence-electron chi connectivity index (χ3n) is 6.40. The first-order chi connectivity index (χ1) is 12.7. The number of nitrogens with zero attached hydrogens (tertiary/aromatic N) is 3. The molecule has 6 nitrogen and oxygen atoms in total. The monoisotopic (exact) mass is 430 g/mol. The molecule has 0 saturated carbocycles. The zero-order chi connectivity index (χ0) is 18.0. The number of nitrogens with one attached hydrogen (secondary N) is 1. The maximum Gasteiger partial charge on any atom is 0.239 e. The lowest BCUT2D eigenvalue weighted by molar-refractivity contribution is -0.137. The third kappa shape index (κ3) is 5.09. The second-order valence-electron chi connectivity index (χ2n) is 8.21. The molecule has 0 aromatic carbocycles. The van der Waals surface area contributed by atoms with Crippen LogP contribution in [-0.2, 0) is 4.79 Å². The molecule has 3 aliphatic rings. The Morgan fingerprint density at radius 3 is 2.46 bits per heavy atom. The van der Waals surface area contributed by atoms with Crippen molar-refractivity contribution in [1.82, 2.24) is 20.1 Å². The van der Waals surface area contributed by atoms with Crippen LogP contribution in [0.25, 0.3) is 0 Å². The zero-order valence-electron chi connectivity index (χ0n) is 16.5. The molecule has 4 rings (SSSR count). The number of halogens is 2. The fourth-order valence-electron chi connectivity index (χ4n) is 4.88. The van der Waals surface area contributed by atoms with Gasteiger partial charge in [-0.3, -0.25) is 14.7 Å². The Hall–Kier alpha value is -1.08. The van der Waals surface area contributed by atoms with Crippen LogP contribution in [0.3, 0.4) is 0 Å². The van der Waals surface area contributed by atoms with Gasteiger partial charge in [-0.1, -0.05) is 0 Å². The van der Waals surface area contributed by atoms with Crippen molar-refractivity contribution in [3.8, 4) is 5.75 Å². The van der Waals surface area contributed by atoms with E-state index in [1.807, 2.05) is 12.1 Å². The molecule has 0 aliphatic carbocycles. The van der Waals surface area contributed by atoms with Gasteiger partial charge in [0.2, 0.25) is 5.91 Å². The number of ether oxygens (including phenoxy) is 1. The van der Waals surface area contributed by atoms with Gasteiger partial charge in [-0.05, 0) is 56.9 Å². The van der Waals surface area contributed by atoms with Crippen LogP contribution >= 0.6 is 24.8 Å². The first-order valence-electron chi connectivity index (χ1n) is 9.92. The quantitative estimate of drug-likeness (QED) is 0.797. The molecule has 0 radical (unpaired) electrons. The predicted octanol–water partition coefficient (Wildman–Crippen LogP) is 2.37. The van der Waals surface area contributed by atoms with E-state index in [-0.39, 0.29) is 37.0 Å². The van der Waals surface area contributed by atoms with Crippen LogP contribution in [0.1, 0.15) is 32.1 Å². The minimum atomic E-state index is 0. The molecule has 28 heavy (non-hydrogen) atoms. The van der Waals surface area contributed by atoms with Gasteiger partial charge in [0.1, 0.15) is 11.9 Å².